The maximum Gasteiger partial charge on any atom is 0.195 e. The predicted molar refractivity (Wildman–Crippen MR) is 127 cm³/mol. The van der Waals surface area contributed by atoms with Gasteiger partial charge in [0.2, 0.25) is 0 Å². The van der Waals surface area contributed by atoms with Gasteiger partial charge in [-0.25, -0.2) is 0 Å². The standard InChI is InChI=1S/C24H23N3O3S2/c1-17(28)18-9-11-21(12-10-18)30-15-20(29)16-32-24-26-25-23(14-22-8-5-13-31-22)27(24)19-6-3-2-4-7-19/h2-13,20,29H,14-16H2,1H3/t20-/m0/s1. The Labute approximate surface area is 194 Å². The third-order valence-electron chi connectivity index (χ3n) is 4.74. The van der Waals surface area contributed by atoms with Gasteiger partial charge in [-0.2, -0.15) is 0 Å². The van der Waals surface area contributed by atoms with Gasteiger partial charge in [0.25, 0.3) is 0 Å². The first-order valence-corrected chi connectivity index (χ1v) is 12.0. The van der Waals surface area contributed by atoms with Gasteiger partial charge < -0.3 is 9.84 Å². The molecule has 1 atom stereocenters. The molecule has 0 amide bonds. The number of aliphatic hydroxyl groups is 1. The van der Waals surface area contributed by atoms with Crippen LogP contribution in [0.15, 0.2) is 77.3 Å². The molecule has 0 fully saturated rings. The van der Waals surface area contributed by atoms with Crippen molar-refractivity contribution in [1.29, 1.82) is 0 Å². The highest BCUT2D eigenvalue weighted by molar-refractivity contribution is 7.99. The number of thioether (sulfide) groups is 1. The highest BCUT2D eigenvalue weighted by atomic mass is 32.2. The van der Waals surface area contributed by atoms with E-state index in [-0.39, 0.29) is 12.4 Å². The second-order valence-electron chi connectivity index (χ2n) is 7.18. The number of aliphatic hydroxyl groups excluding tert-OH is 1. The van der Waals surface area contributed by atoms with Crippen LogP contribution in [-0.2, 0) is 6.42 Å². The molecule has 0 saturated carbocycles. The van der Waals surface area contributed by atoms with Crippen LogP contribution in [0.4, 0.5) is 0 Å². The molecule has 0 aliphatic rings. The minimum absolute atomic E-state index is 0.00830. The third kappa shape index (κ3) is 5.64. The number of Topliss-reactive ketones (excluding diaryl/α,β-unsaturated/α-hetero) is 1. The summed E-state index contributed by atoms with van der Waals surface area (Å²) in [7, 11) is 0. The topological polar surface area (TPSA) is 77.2 Å². The zero-order valence-corrected chi connectivity index (χ0v) is 19.2. The number of nitrogens with zero attached hydrogens (tertiary/aromatic N) is 3. The number of aromatic nitrogens is 3. The molecule has 0 radical (unpaired) electrons. The van der Waals surface area contributed by atoms with Crippen LogP contribution in [0.5, 0.6) is 5.75 Å². The van der Waals surface area contributed by atoms with Gasteiger partial charge in [0.05, 0.1) is 6.10 Å². The summed E-state index contributed by atoms with van der Waals surface area (Å²) in [5, 5.41) is 22.0. The molecule has 4 rings (SSSR count). The Bertz CT molecular complexity index is 1140. The van der Waals surface area contributed by atoms with E-state index in [0.29, 0.717) is 23.5 Å². The van der Waals surface area contributed by atoms with Crippen LogP contribution in [0, 0.1) is 0 Å². The van der Waals surface area contributed by atoms with E-state index < -0.39 is 6.10 Å². The third-order valence-corrected chi connectivity index (χ3v) is 6.69. The molecule has 0 spiro atoms. The molecule has 2 aromatic heterocycles. The molecule has 1 N–H and O–H groups in total. The Balaban J connectivity index is 1.41. The number of ether oxygens (including phenoxy) is 1. The minimum atomic E-state index is -0.686. The smallest absolute Gasteiger partial charge is 0.195 e. The van der Waals surface area contributed by atoms with Gasteiger partial charge in [-0.3, -0.25) is 9.36 Å². The van der Waals surface area contributed by atoms with Crippen molar-refractivity contribution >= 4 is 28.9 Å². The second-order valence-corrected chi connectivity index (χ2v) is 9.20. The zero-order chi connectivity index (χ0) is 22.3. The number of carbonyl (C=O) groups is 1. The van der Waals surface area contributed by atoms with E-state index >= 15 is 0 Å². The lowest BCUT2D eigenvalue weighted by molar-refractivity contribution is 0.101. The maximum absolute atomic E-state index is 11.4. The number of para-hydroxylation sites is 1. The summed E-state index contributed by atoms with van der Waals surface area (Å²) >= 11 is 3.14. The Kier molecular flexibility index (Phi) is 7.36. The summed E-state index contributed by atoms with van der Waals surface area (Å²) < 4.78 is 7.71. The molecule has 32 heavy (non-hydrogen) atoms. The first-order valence-electron chi connectivity index (χ1n) is 10.2. The lowest BCUT2D eigenvalue weighted by Gasteiger charge is -2.13. The Morgan fingerprint density at radius 2 is 1.88 bits per heavy atom. The van der Waals surface area contributed by atoms with Gasteiger partial charge in [0.1, 0.15) is 18.2 Å². The van der Waals surface area contributed by atoms with E-state index in [1.54, 1.807) is 35.6 Å². The quantitative estimate of drug-likeness (QED) is 0.271. The zero-order valence-electron chi connectivity index (χ0n) is 17.5. The van der Waals surface area contributed by atoms with E-state index in [1.165, 1.54) is 23.6 Å². The fourth-order valence-electron chi connectivity index (χ4n) is 3.11. The summed E-state index contributed by atoms with van der Waals surface area (Å²) in [4.78, 5) is 12.6. The van der Waals surface area contributed by atoms with Crippen LogP contribution in [-0.4, -0.2) is 44.1 Å². The molecule has 0 unspecified atom stereocenters. The summed E-state index contributed by atoms with van der Waals surface area (Å²) in [5.41, 5.74) is 1.62. The average Bonchev–Trinajstić information content (AvgIpc) is 3.47. The van der Waals surface area contributed by atoms with E-state index in [4.69, 9.17) is 4.74 Å². The Hall–Kier alpha value is -2.94. The Morgan fingerprint density at radius 1 is 1.09 bits per heavy atom. The summed E-state index contributed by atoms with van der Waals surface area (Å²) in [6.07, 6.45) is 0.0105. The van der Waals surface area contributed by atoms with Crippen molar-refractivity contribution in [3.63, 3.8) is 0 Å². The minimum Gasteiger partial charge on any atom is -0.491 e. The van der Waals surface area contributed by atoms with Gasteiger partial charge in [0.15, 0.2) is 10.9 Å². The van der Waals surface area contributed by atoms with Gasteiger partial charge >= 0.3 is 0 Å². The highest BCUT2D eigenvalue weighted by Gasteiger charge is 2.17. The van der Waals surface area contributed by atoms with Crippen LogP contribution < -0.4 is 4.74 Å². The van der Waals surface area contributed by atoms with E-state index in [9.17, 15) is 9.90 Å². The largest absolute Gasteiger partial charge is 0.491 e. The van der Waals surface area contributed by atoms with Gasteiger partial charge in [-0.15, -0.1) is 21.5 Å². The highest BCUT2D eigenvalue weighted by Crippen LogP contribution is 2.25. The molecule has 0 saturated heterocycles. The van der Waals surface area contributed by atoms with Gasteiger partial charge in [-0.1, -0.05) is 36.0 Å². The fraction of sp³-hybridized carbons (Fsp3) is 0.208. The lowest BCUT2D eigenvalue weighted by Crippen LogP contribution is -2.20. The number of ketones is 1. The molecule has 6 nitrogen and oxygen atoms in total. The number of hydrogen-bond donors (Lipinski definition) is 1. The van der Waals surface area contributed by atoms with Crippen molar-refractivity contribution in [3.05, 3.63) is 88.4 Å². The van der Waals surface area contributed by atoms with Crippen LogP contribution >= 0.6 is 23.1 Å². The SMILES string of the molecule is CC(=O)c1ccc(OC[C@H](O)CSc2nnc(Cc3cccs3)n2-c2ccccc2)cc1. The molecule has 164 valence electrons. The van der Waals surface area contributed by atoms with Crippen LogP contribution in [0.2, 0.25) is 0 Å². The first-order chi connectivity index (χ1) is 15.6. The molecule has 0 aliphatic carbocycles. The summed E-state index contributed by atoms with van der Waals surface area (Å²) in [5.74, 6) is 1.89. The maximum atomic E-state index is 11.4. The normalized spacial score (nSPS) is 11.9. The molecular formula is C24H23N3O3S2. The molecule has 2 heterocycles. The second kappa shape index (κ2) is 10.6. The van der Waals surface area contributed by atoms with Crippen molar-refractivity contribution in [1.82, 2.24) is 14.8 Å². The molecular weight excluding hydrogens is 442 g/mol. The Morgan fingerprint density at radius 3 is 2.56 bits per heavy atom. The average molecular weight is 466 g/mol. The van der Waals surface area contributed by atoms with E-state index in [1.807, 2.05) is 41.0 Å². The van der Waals surface area contributed by atoms with Crippen LogP contribution in [0.25, 0.3) is 5.69 Å². The number of hydrogen-bond acceptors (Lipinski definition) is 7. The number of rotatable bonds is 10. The van der Waals surface area contributed by atoms with Crippen LogP contribution in [0.1, 0.15) is 28.0 Å². The molecule has 0 bridgehead atoms. The van der Waals surface area contributed by atoms with Gasteiger partial charge in [0, 0.05) is 28.3 Å². The van der Waals surface area contributed by atoms with Crippen molar-refractivity contribution in [2.24, 2.45) is 0 Å². The first kappa shape index (κ1) is 22.3. The molecule has 4 aromatic rings. The lowest BCUT2D eigenvalue weighted by atomic mass is 10.1. The summed E-state index contributed by atoms with van der Waals surface area (Å²) in [6.45, 7) is 1.67. The fourth-order valence-corrected chi connectivity index (χ4v) is 4.69. The van der Waals surface area contributed by atoms with Crippen molar-refractivity contribution < 1.29 is 14.6 Å². The number of carbonyl (C=O) groups excluding carboxylic acids is 1. The van der Waals surface area contributed by atoms with Crippen LogP contribution in [0.3, 0.4) is 0 Å². The predicted octanol–water partition coefficient (Wildman–Crippen LogP) is 4.65. The number of thiophene rings is 1. The van der Waals surface area contributed by atoms with Crippen molar-refractivity contribution in [3.8, 4) is 11.4 Å². The molecule has 0 aliphatic heterocycles. The van der Waals surface area contributed by atoms with Crippen molar-refractivity contribution in [2.75, 3.05) is 12.4 Å². The summed E-state index contributed by atoms with van der Waals surface area (Å²) in [6, 6.07) is 21.0. The van der Waals surface area contributed by atoms with E-state index in [2.05, 4.69) is 21.6 Å². The monoisotopic (exact) mass is 465 g/mol. The van der Waals surface area contributed by atoms with Gasteiger partial charge in [-0.05, 0) is 54.8 Å². The molecule has 2 aromatic carbocycles. The number of benzene rings is 2. The van der Waals surface area contributed by atoms with E-state index in [0.717, 1.165) is 16.7 Å². The van der Waals surface area contributed by atoms with Crippen molar-refractivity contribution in [2.45, 2.75) is 24.6 Å². The molecule has 8 heteroatoms.